The summed E-state index contributed by atoms with van der Waals surface area (Å²) in [5, 5.41) is 12.2. The van der Waals surface area contributed by atoms with Gasteiger partial charge in [0.25, 0.3) is 0 Å². The summed E-state index contributed by atoms with van der Waals surface area (Å²) >= 11 is 0. The number of aliphatic hydroxyl groups is 1. The van der Waals surface area contributed by atoms with Crippen LogP contribution >= 0.6 is 0 Å². The molecule has 1 aromatic carbocycles. The molecule has 0 aliphatic rings. The Morgan fingerprint density at radius 2 is 1.96 bits per heavy atom. The van der Waals surface area contributed by atoms with Gasteiger partial charge < -0.3 is 14.4 Å². The molecule has 0 saturated carbocycles. The third kappa shape index (κ3) is 8.77. The van der Waals surface area contributed by atoms with Crippen molar-refractivity contribution in [3.8, 4) is 5.75 Å². The molecule has 0 radical (unpaired) electrons. The average Bonchev–Trinajstić information content (AvgIpc) is 2.42. The highest BCUT2D eigenvalue weighted by Gasteiger charge is 2.24. The van der Waals surface area contributed by atoms with Gasteiger partial charge in [0.1, 0.15) is 24.3 Å². The van der Waals surface area contributed by atoms with Crippen LogP contribution in [-0.2, 0) is 4.53 Å². The number of hydrogen-bond donors (Lipinski definition) is 1. The van der Waals surface area contributed by atoms with Crippen molar-refractivity contribution >= 4 is 9.04 Å². The summed E-state index contributed by atoms with van der Waals surface area (Å²) in [5.41, 5.74) is 0.183. The molecule has 1 N–H and O–H groups in total. The first-order valence-electron chi connectivity index (χ1n) is 8.56. The average molecular weight is 358 g/mol. The second kappa shape index (κ2) is 9.51. The zero-order chi connectivity index (χ0) is 18.3. The van der Waals surface area contributed by atoms with Gasteiger partial charge in [-0.25, -0.2) is 4.39 Å². The van der Waals surface area contributed by atoms with E-state index in [0.29, 0.717) is 12.3 Å². The van der Waals surface area contributed by atoms with Crippen molar-refractivity contribution in [2.24, 2.45) is 5.41 Å². The van der Waals surface area contributed by atoms with E-state index in [2.05, 4.69) is 40.8 Å². The van der Waals surface area contributed by atoms with E-state index in [1.54, 1.807) is 12.1 Å². The number of rotatable bonds is 9. The summed E-state index contributed by atoms with van der Waals surface area (Å²) in [6, 6.07) is 6.13. The molecule has 6 heteroatoms. The van der Waals surface area contributed by atoms with Gasteiger partial charge in [-0.15, -0.1) is 0 Å². The Bertz CT molecular complexity index is 493. The molecule has 2 unspecified atom stereocenters. The first-order chi connectivity index (χ1) is 11.1. The largest absolute Gasteiger partial charge is 0.491 e. The van der Waals surface area contributed by atoms with Crippen LogP contribution in [-0.4, -0.2) is 44.5 Å². The van der Waals surface area contributed by atoms with Gasteiger partial charge >= 0.3 is 0 Å². The number of ether oxygens (including phenoxy) is 1. The van der Waals surface area contributed by atoms with E-state index in [4.69, 9.17) is 9.26 Å². The molecule has 1 rings (SSSR count). The fourth-order valence-electron chi connectivity index (χ4n) is 2.60. The van der Waals surface area contributed by atoms with Crippen LogP contribution in [0.25, 0.3) is 0 Å². The predicted molar refractivity (Wildman–Crippen MR) is 98.1 cm³/mol. The number of halogens is 1. The van der Waals surface area contributed by atoms with E-state index >= 15 is 0 Å². The first kappa shape index (κ1) is 21.1. The molecule has 0 saturated heterocycles. The third-order valence-corrected chi connectivity index (χ3v) is 4.07. The first-order valence-corrected chi connectivity index (χ1v) is 11.3. The number of hydroxylamine groups is 2. The summed E-state index contributed by atoms with van der Waals surface area (Å²) in [6.45, 7) is 13.4. The molecular formula is C18H32FNO3Si. The monoisotopic (exact) mass is 357 g/mol. The Hall–Kier alpha value is -0.953. The summed E-state index contributed by atoms with van der Waals surface area (Å²) < 4.78 is 24.6. The number of nitrogens with zero attached hydrogens (tertiary/aromatic N) is 1. The maximum Gasteiger partial charge on any atom is 0.199 e. The van der Waals surface area contributed by atoms with Crippen molar-refractivity contribution in [3.63, 3.8) is 0 Å². The molecule has 0 aromatic heterocycles. The Kier molecular flexibility index (Phi) is 8.36. The van der Waals surface area contributed by atoms with Crippen LogP contribution in [0.4, 0.5) is 4.39 Å². The zero-order valence-electron chi connectivity index (χ0n) is 15.8. The normalized spacial score (nSPS) is 14.9. The van der Waals surface area contributed by atoms with Crippen LogP contribution in [0.2, 0.25) is 13.1 Å². The van der Waals surface area contributed by atoms with Crippen LogP contribution in [0.5, 0.6) is 5.75 Å². The maximum absolute atomic E-state index is 13.1. The van der Waals surface area contributed by atoms with Gasteiger partial charge in [-0.2, -0.15) is 5.06 Å². The molecule has 0 spiro atoms. The Morgan fingerprint density at radius 1 is 1.29 bits per heavy atom. The van der Waals surface area contributed by atoms with Gasteiger partial charge in [-0.1, -0.05) is 26.8 Å². The molecule has 0 aliphatic carbocycles. The highest BCUT2D eigenvalue weighted by molar-refractivity contribution is 6.48. The summed E-state index contributed by atoms with van der Waals surface area (Å²) in [4.78, 5) is 0. The molecule has 0 heterocycles. The second-order valence-corrected chi connectivity index (χ2v) is 10.1. The third-order valence-electron chi connectivity index (χ3n) is 3.37. The minimum Gasteiger partial charge on any atom is -0.491 e. The van der Waals surface area contributed by atoms with Crippen LogP contribution in [0.3, 0.4) is 0 Å². The molecule has 138 valence electrons. The number of benzene rings is 1. The molecule has 2 atom stereocenters. The summed E-state index contributed by atoms with van der Waals surface area (Å²) in [6.07, 6.45) is 0.259. The molecule has 24 heavy (non-hydrogen) atoms. The Labute approximate surface area is 147 Å². The molecular weight excluding hydrogens is 325 g/mol. The standard InChI is InChI=1S/C18H32FNO3Si/c1-14(11-18(2,3)4)20(23-24(5)6)12-16(21)13-22-17-9-7-8-15(19)10-17/h7-10,14,16,21,24H,11-13H2,1-6H3. The molecule has 0 fully saturated rings. The topological polar surface area (TPSA) is 41.9 Å². The van der Waals surface area contributed by atoms with Crippen molar-refractivity contribution in [1.82, 2.24) is 5.06 Å². The van der Waals surface area contributed by atoms with Crippen molar-refractivity contribution < 1.29 is 18.8 Å². The van der Waals surface area contributed by atoms with E-state index in [-0.39, 0.29) is 23.9 Å². The molecule has 0 amide bonds. The number of aliphatic hydroxyl groups excluding tert-OH is 1. The lowest BCUT2D eigenvalue weighted by atomic mass is 9.88. The van der Waals surface area contributed by atoms with Crippen LogP contribution in [0.15, 0.2) is 24.3 Å². The minimum absolute atomic E-state index is 0.102. The lowest BCUT2D eigenvalue weighted by molar-refractivity contribution is -0.127. The summed E-state index contributed by atoms with van der Waals surface area (Å²) in [7, 11) is -1.27. The fraction of sp³-hybridized carbons (Fsp3) is 0.667. The van der Waals surface area contributed by atoms with Crippen molar-refractivity contribution in [3.05, 3.63) is 30.1 Å². The van der Waals surface area contributed by atoms with Gasteiger partial charge in [0, 0.05) is 12.1 Å². The van der Waals surface area contributed by atoms with Gasteiger partial charge in [-0.3, -0.25) is 0 Å². The quantitative estimate of drug-likeness (QED) is 0.541. The highest BCUT2D eigenvalue weighted by atomic mass is 28.3. The lowest BCUT2D eigenvalue weighted by Gasteiger charge is -2.35. The maximum atomic E-state index is 13.1. The van der Waals surface area contributed by atoms with Crippen LogP contribution in [0.1, 0.15) is 34.1 Å². The number of hydrogen-bond acceptors (Lipinski definition) is 4. The van der Waals surface area contributed by atoms with Crippen molar-refractivity contribution in [2.45, 2.75) is 59.4 Å². The van der Waals surface area contributed by atoms with E-state index in [0.717, 1.165) is 6.42 Å². The molecule has 4 nitrogen and oxygen atoms in total. The Morgan fingerprint density at radius 3 is 2.50 bits per heavy atom. The highest BCUT2D eigenvalue weighted by Crippen LogP contribution is 2.24. The molecule has 0 aliphatic heterocycles. The van der Waals surface area contributed by atoms with Crippen molar-refractivity contribution in [2.75, 3.05) is 13.2 Å². The second-order valence-electron chi connectivity index (χ2n) is 7.79. The van der Waals surface area contributed by atoms with E-state index in [1.165, 1.54) is 12.1 Å². The van der Waals surface area contributed by atoms with Gasteiger partial charge in [0.15, 0.2) is 9.04 Å². The van der Waals surface area contributed by atoms with Gasteiger partial charge in [0.2, 0.25) is 0 Å². The van der Waals surface area contributed by atoms with Gasteiger partial charge in [0.05, 0.1) is 6.54 Å². The lowest BCUT2D eigenvalue weighted by Crippen LogP contribution is -2.44. The fourth-order valence-corrected chi connectivity index (χ4v) is 3.43. The zero-order valence-corrected chi connectivity index (χ0v) is 16.9. The van der Waals surface area contributed by atoms with E-state index in [9.17, 15) is 9.50 Å². The van der Waals surface area contributed by atoms with E-state index < -0.39 is 15.1 Å². The van der Waals surface area contributed by atoms with E-state index in [1.807, 2.05) is 5.06 Å². The summed E-state index contributed by atoms with van der Waals surface area (Å²) in [5.74, 6) is 0.0686. The molecule has 0 bridgehead atoms. The van der Waals surface area contributed by atoms with Crippen LogP contribution in [0, 0.1) is 11.2 Å². The molecule has 1 aromatic rings. The van der Waals surface area contributed by atoms with Gasteiger partial charge in [-0.05, 0) is 44.0 Å². The van der Waals surface area contributed by atoms with Crippen molar-refractivity contribution in [1.29, 1.82) is 0 Å². The SMILES string of the molecule is CC(CC(C)(C)C)N(CC(O)COc1cccc(F)c1)O[SiH](C)C. The van der Waals surface area contributed by atoms with Crippen LogP contribution < -0.4 is 4.74 Å². The minimum atomic E-state index is -1.27. The Balaban J connectivity index is 2.58. The predicted octanol–water partition coefficient (Wildman–Crippen LogP) is 3.61. The smallest absolute Gasteiger partial charge is 0.199 e.